The second-order valence-corrected chi connectivity index (χ2v) is 15.8. The maximum atomic E-state index is 9.89. The van der Waals surface area contributed by atoms with Crippen molar-refractivity contribution in [2.24, 2.45) is 0 Å². The Morgan fingerprint density at radius 1 is 0.622 bits per heavy atom. The molecule has 5 nitrogen and oxygen atoms in total. The van der Waals surface area contributed by atoms with Gasteiger partial charge in [-0.15, -0.1) is 0 Å². The highest BCUT2D eigenvalue weighted by atomic mass is 16.3. The first kappa shape index (κ1) is 37.1. The van der Waals surface area contributed by atoms with Crippen LogP contribution in [0, 0.1) is 0 Å². The van der Waals surface area contributed by atoms with Gasteiger partial charge in [-0.05, 0) is 89.7 Å². The van der Waals surface area contributed by atoms with Crippen molar-refractivity contribution in [1.29, 1.82) is 0 Å². The zero-order valence-corrected chi connectivity index (χ0v) is 29.7. The second-order valence-electron chi connectivity index (χ2n) is 15.8. The molecular weight excluding hydrogens is 554 g/mol. The third-order valence-corrected chi connectivity index (χ3v) is 11.9. The number of hydrogen-bond acceptors (Lipinski definition) is 4. The number of fused-ring (bicyclic) bond motifs is 1. The van der Waals surface area contributed by atoms with Gasteiger partial charge < -0.3 is 25.7 Å². The molecule has 0 spiro atoms. The number of nitrogens with one attached hydrogen (secondary N) is 3. The lowest BCUT2D eigenvalue weighted by Crippen LogP contribution is -3.09. The maximum absolute atomic E-state index is 9.89. The number of hydrogen-bond donors (Lipinski definition) is 5. The van der Waals surface area contributed by atoms with E-state index in [2.05, 4.69) is 30.6 Å². The molecule has 0 aromatic carbocycles. The average molecular weight is 629 g/mol. The van der Waals surface area contributed by atoms with Crippen LogP contribution in [-0.4, -0.2) is 59.7 Å². The number of unbranched alkanes of at least 4 members (excludes halogenated alkanes) is 14. The molecule has 4 rings (SSSR count). The standard InChI is InChI=1S/C40H73N3O2/c1-32-39(44)27-25-36(41-32)22-17-13-9-5-3-7-11-15-20-34-30-35(38-24-19-29-43(38)31-34)21-16-12-8-4-6-10-14-18-23-37-26-28-40(45)33(2)42-37/h30,32-33,36-37,39-42,44-45H,3-29,31H2,1-2H3/p+1. The molecule has 45 heavy (non-hydrogen) atoms. The van der Waals surface area contributed by atoms with Crippen LogP contribution in [0.2, 0.25) is 0 Å². The summed E-state index contributed by atoms with van der Waals surface area (Å²) in [4.78, 5) is 1.81. The van der Waals surface area contributed by atoms with Gasteiger partial charge in [0.2, 0.25) is 0 Å². The summed E-state index contributed by atoms with van der Waals surface area (Å²) in [5.41, 5.74) is 5.26. The average Bonchev–Trinajstić information content (AvgIpc) is 3.51. The van der Waals surface area contributed by atoms with Crippen molar-refractivity contribution >= 4 is 0 Å². The molecule has 0 aromatic rings. The summed E-state index contributed by atoms with van der Waals surface area (Å²) in [5, 5.41) is 27.0. The Morgan fingerprint density at radius 2 is 1.09 bits per heavy atom. The summed E-state index contributed by atoms with van der Waals surface area (Å²) in [6, 6.07) is 1.81. The Hall–Kier alpha value is -0.720. The minimum absolute atomic E-state index is 0.143. The van der Waals surface area contributed by atoms with Crippen molar-refractivity contribution in [1.82, 2.24) is 10.6 Å². The predicted molar refractivity (Wildman–Crippen MR) is 191 cm³/mol. The van der Waals surface area contributed by atoms with Crippen molar-refractivity contribution in [3.63, 3.8) is 0 Å². The summed E-state index contributed by atoms with van der Waals surface area (Å²) < 4.78 is 0. The summed E-state index contributed by atoms with van der Waals surface area (Å²) in [6.07, 6.45) is 36.9. The van der Waals surface area contributed by atoms with Crippen LogP contribution in [0.4, 0.5) is 0 Å². The van der Waals surface area contributed by atoms with Gasteiger partial charge in [0.25, 0.3) is 0 Å². The normalized spacial score (nSPS) is 30.5. The molecule has 0 aromatic heterocycles. The first-order valence-corrected chi connectivity index (χ1v) is 20.1. The Balaban J connectivity index is 0.971. The fraction of sp³-hybridized carbons (Fsp3) is 0.900. The summed E-state index contributed by atoms with van der Waals surface area (Å²) in [7, 11) is 0. The lowest BCUT2D eigenvalue weighted by molar-refractivity contribution is -0.847. The lowest BCUT2D eigenvalue weighted by Gasteiger charge is -2.32. The van der Waals surface area contributed by atoms with Crippen LogP contribution in [0.5, 0.6) is 0 Å². The molecule has 5 heteroatoms. The highest BCUT2D eigenvalue weighted by Crippen LogP contribution is 2.25. The molecule has 4 aliphatic heterocycles. The second kappa shape index (κ2) is 21.3. The van der Waals surface area contributed by atoms with E-state index in [0.29, 0.717) is 12.1 Å². The van der Waals surface area contributed by atoms with Crippen LogP contribution in [0.25, 0.3) is 0 Å². The summed E-state index contributed by atoms with van der Waals surface area (Å²) in [5.74, 6) is 0. The van der Waals surface area contributed by atoms with Crippen molar-refractivity contribution < 1.29 is 15.1 Å². The van der Waals surface area contributed by atoms with Gasteiger partial charge in [0.05, 0.1) is 18.8 Å². The van der Waals surface area contributed by atoms with Gasteiger partial charge in [0.1, 0.15) is 12.2 Å². The van der Waals surface area contributed by atoms with Gasteiger partial charge in [0, 0.05) is 42.6 Å². The zero-order valence-electron chi connectivity index (χ0n) is 29.7. The third kappa shape index (κ3) is 13.7. The van der Waals surface area contributed by atoms with Gasteiger partial charge >= 0.3 is 0 Å². The quantitative estimate of drug-likeness (QED) is 0.0799. The van der Waals surface area contributed by atoms with Crippen LogP contribution in [0.1, 0.15) is 181 Å². The number of allylic oxidation sites excluding steroid dienone is 3. The number of aliphatic hydroxyl groups is 2. The van der Waals surface area contributed by atoms with E-state index in [9.17, 15) is 10.2 Å². The molecule has 0 bridgehead atoms. The number of aliphatic hydroxyl groups excluding tert-OH is 2. The molecule has 7 unspecified atom stereocenters. The highest BCUT2D eigenvalue weighted by molar-refractivity contribution is 5.30. The van der Waals surface area contributed by atoms with Crippen molar-refractivity contribution in [2.45, 2.75) is 217 Å². The predicted octanol–water partition coefficient (Wildman–Crippen LogP) is 7.66. The number of piperidine rings is 2. The van der Waals surface area contributed by atoms with E-state index in [-0.39, 0.29) is 24.3 Å². The van der Waals surface area contributed by atoms with Gasteiger partial charge in [-0.3, -0.25) is 0 Å². The largest absolute Gasteiger partial charge is 0.392 e. The molecule has 260 valence electrons. The van der Waals surface area contributed by atoms with Gasteiger partial charge in [0.15, 0.2) is 0 Å². The van der Waals surface area contributed by atoms with Gasteiger partial charge in [-0.1, -0.05) is 89.9 Å². The molecule has 4 heterocycles. The SMILES string of the molecule is CC1NC(CCCCCCCCCCC2=CC(CCCCCCCCCCC3CCC(O)C(C)N3)=C3CCC[NH+]3C2)CCC1O. The van der Waals surface area contributed by atoms with E-state index >= 15 is 0 Å². The van der Waals surface area contributed by atoms with E-state index in [1.807, 2.05) is 4.90 Å². The number of quaternary nitrogens is 1. The fourth-order valence-corrected chi connectivity index (χ4v) is 8.83. The molecule has 0 aliphatic carbocycles. The summed E-state index contributed by atoms with van der Waals surface area (Å²) >= 11 is 0. The zero-order chi connectivity index (χ0) is 31.7. The monoisotopic (exact) mass is 629 g/mol. The Kier molecular flexibility index (Phi) is 17.6. The molecule has 0 amide bonds. The van der Waals surface area contributed by atoms with Crippen LogP contribution in [0.15, 0.2) is 22.9 Å². The van der Waals surface area contributed by atoms with Crippen molar-refractivity contribution in [3.05, 3.63) is 22.9 Å². The molecular formula is C40H74N3O2+. The fourth-order valence-electron chi connectivity index (χ4n) is 8.83. The summed E-state index contributed by atoms with van der Waals surface area (Å²) in [6.45, 7) is 6.91. The van der Waals surface area contributed by atoms with Crippen LogP contribution in [0.3, 0.4) is 0 Å². The minimum Gasteiger partial charge on any atom is -0.392 e. The minimum atomic E-state index is -0.143. The third-order valence-electron chi connectivity index (χ3n) is 11.9. The van der Waals surface area contributed by atoms with E-state index in [4.69, 9.17) is 0 Å². The maximum Gasteiger partial charge on any atom is 0.111 e. The van der Waals surface area contributed by atoms with Crippen LogP contribution >= 0.6 is 0 Å². The van der Waals surface area contributed by atoms with Gasteiger partial charge in [-0.2, -0.15) is 0 Å². The Morgan fingerprint density at radius 3 is 1.60 bits per heavy atom. The topological polar surface area (TPSA) is 69.0 Å². The van der Waals surface area contributed by atoms with Gasteiger partial charge in [-0.25, -0.2) is 0 Å². The molecule has 0 saturated carbocycles. The van der Waals surface area contributed by atoms with E-state index in [0.717, 1.165) is 25.7 Å². The Bertz CT molecular complexity index is 872. The smallest absolute Gasteiger partial charge is 0.111 e. The van der Waals surface area contributed by atoms with E-state index in [1.54, 1.807) is 16.8 Å². The van der Waals surface area contributed by atoms with E-state index in [1.165, 1.54) is 154 Å². The molecule has 7 atom stereocenters. The molecule has 5 N–H and O–H groups in total. The van der Waals surface area contributed by atoms with E-state index < -0.39 is 0 Å². The molecule has 0 radical (unpaired) electrons. The molecule has 3 saturated heterocycles. The van der Waals surface area contributed by atoms with Crippen molar-refractivity contribution in [2.75, 3.05) is 13.1 Å². The first-order chi connectivity index (χ1) is 22.0. The Labute approximate surface area is 278 Å². The number of rotatable bonds is 22. The van der Waals surface area contributed by atoms with Crippen molar-refractivity contribution in [3.8, 4) is 0 Å². The highest BCUT2D eigenvalue weighted by Gasteiger charge is 2.30. The lowest BCUT2D eigenvalue weighted by atomic mass is 9.93. The van der Waals surface area contributed by atoms with Crippen LogP contribution < -0.4 is 15.5 Å². The molecule has 3 fully saturated rings. The van der Waals surface area contributed by atoms with Crippen LogP contribution in [-0.2, 0) is 0 Å². The molecule has 4 aliphatic rings. The first-order valence-electron chi connectivity index (χ1n) is 20.1.